The van der Waals surface area contributed by atoms with Crippen molar-refractivity contribution in [1.29, 1.82) is 0 Å². The fourth-order valence-electron chi connectivity index (χ4n) is 4.85. The molecule has 2 nitrogen and oxygen atoms in total. The molecule has 0 atom stereocenters. The van der Waals surface area contributed by atoms with E-state index in [0.717, 1.165) is 26.2 Å². The van der Waals surface area contributed by atoms with Crippen LogP contribution < -0.4 is 0 Å². The van der Waals surface area contributed by atoms with Gasteiger partial charge in [0.2, 0.25) is 0 Å². The van der Waals surface area contributed by atoms with Crippen LogP contribution >= 0.6 is 27.3 Å². The van der Waals surface area contributed by atoms with Gasteiger partial charge in [-0.1, -0.05) is 82.7 Å². The second-order valence-corrected chi connectivity index (χ2v) is 10.6. The first kappa shape index (κ1) is 20.6. The summed E-state index contributed by atoms with van der Waals surface area (Å²) in [5.74, 6) is 0. The monoisotopic (exact) mass is 530 g/mol. The summed E-state index contributed by atoms with van der Waals surface area (Å²) in [6, 6.07) is 40.9. The van der Waals surface area contributed by atoms with Crippen molar-refractivity contribution in [2.75, 3.05) is 0 Å². The van der Waals surface area contributed by atoms with Gasteiger partial charge in [0.05, 0.1) is 21.3 Å². The molecule has 7 aromatic rings. The molecule has 0 saturated heterocycles. The van der Waals surface area contributed by atoms with Gasteiger partial charge in [0.1, 0.15) is 5.01 Å². The average molecular weight is 531 g/mol. The zero-order valence-electron chi connectivity index (χ0n) is 18.7. The molecule has 0 unspecified atom stereocenters. The summed E-state index contributed by atoms with van der Waals surface area (Å²) in [4.78, 5) is 5.01. The molecule has 0 N–H and O–H groups in total. The summed E-state index contributed by atoms with van der Waals surface area (Å²) in [7, 11) is 0. The van der Waals surface area contributed by atoms with Crippen molar-refractivity contribution in [1.82, 2.24) is 9.55 Å². The maximum Gasteiger partial charge on any atom is 0.124 e. The zero-order chi connectivity index (χ0) is 23.4. The van der Waals surface area contributed by atoms with E-state index in [0.29, 0.717) is 0 Å². The SMILES string of the molecule is Brc1cccc(-c2ccc3c(c2)c2cc4sc(-c5ccccc5)nc4cc2n3-c2ccccc2)c1. The van der Waals surface area contributed by atoms with Gasteiger partial charge in [-0.05, 0) is 59.7 Å². The Bertz CT molecular complexity index is 1850. The molecule has 0 aliphatic rings. The van der Waals surface area contributed by atoms with Crippen molar-refractivity contribution in [3.63, 3.8) is 0 Å². The van der Waals surface area contributed by atoms with Crippen molar-refractivity contribution < 1.29 is 0 Å². The molecule has 166 valence electrons. The Morgan fingerprint density at radius 1 is 0.600 bits per heavy atom. The maximum absolute atomic E-state index is 5.01. The van der Waals surface area contributed by atoms with E-state index >= 15 is 0 Å². The van der Waals surface area contributed by atoms with Gasteiger partial charge in [-0.15, -0.1) is 11.3 Å². The van der Waals surface area contributed by atoms with Crippen molar-refractivity contribution in [2.24, 2.45) is 0 Å². The second-order valence-electron chi connectivity index (χ2n) is 8.64. The van der Waals surface area contributed by atoms with Crippen molar-refractivity contribution in [3.8, 4) is 27.4 Å². The first-order chi connectivity index (χ1) is 17.2. The third-order valence-electron chi connectivity index (χ3n) is 6.47. The third kappa shape index (κ3) is 3.49. The molecule has 2 heterocycles. The van der Waals surface area contributed by atoms with Gasteiger partial charge < -0.3 is 4.57 Å². The Labute approximate surface area is 215 Å². The molecule has 5 aromatic carbocycles. The van der Waals surface area contributed by atoms with Gasteiger partial charge >= 0.3 is 0 Å². The highest BCUT2D eigenvalue weighted by Gasteiger charge is 2.16. The van der Waals surface area contributed by atoms with E-state index in [2.05, 4.69) is 130 Å². The second kappa shape index (κ2) is 8.19. The summed E-state index contributed by atoms with van der Waals surface area (Å²) in [6.07, 6.45) is 0. The highest BCUT2D eigenvalue weighted by molar-refractivity contribution is 9.10. The van der Waals surface area contributed by atoms with Gasteiger partial charge in [-0.25, -0.2) is 4.98 Å². The maximum atomic E-state index is 5.01. The Balaban J connectivity index is 1.53. The highest BCUT2D eigenvalue weighted by Crippen LogP contribution is 2.39. The van der Waals surface area contributed by atoms with Gasteiger partial charge in [0, 0.05) is 26.5 Å². The normalized spacial score (nSPS) is 11.6. The number of fused-ring (bicyclic) bond motifs is 4. The van der Waals surface area contributed by atoms with Crippen LogP contribution in [0, 0.1) is 0 Å². The molecule has 0 fully saturated rings. The van der Waals surface area contributed by atoms with E-state index in [1.54, 1.807) is 11.3 Å². The third-order valence-corrected chi connectivity index (χ3v) is 8.03. The summed E-state index contributed by atoms with van der Waals surface area (Å²) in [5, 5.41) is 3.55. The number of hydrogen-bond donors (Lipinski definition) is 0. The number of para-hydroxylation sites is 1. The van der Waals surface area contributed by atoms with Crippen LogP contribution in [-0.4, -0.2) is 9.55 Å². The zero-order valence-corrected chi connectivity index (χ0v) is 21.1. The number of halogens is 1. The van der Waals surface area contributed by atoms with Crippen LogP contribution in [0.5, 0.6) is 0 Å². The van der Waals surface area contributed by atoms with Gasteiger partial charge in [-0.3, -0.25) is 0 Å². The first-order valence-electron chi connectivity index (χ1n) is 11.5. The molecule has 0 bridgehead atoms. The summed E-state index contributed by atoms with van der Waals surface area (Å²) >= 11 is 5.38. The van der Waals surface area contributed by atoms with E-state index in [1.807, 2.05) is 6.07 Å². The molecule has 0 aliphatic carbocycles. The molecule has 0 aliphatic heterocycles. The lowest BCUT2D eigenvalue weighted by Crippen LogP contribution is -1.93. The molecule has 35 heavy (non-hydrogen) atoms. The summed E-state index contributed by atoms with van der Waals surface area (Å²) in [6.45, 7) is 0. The van der Waals surface area contributed by atoms with E-state index < -0.39 is 0 Å². The van der Waals surface area contributed by atoms with Crippen LogP contribution in [0.25, 0.3) is 59.4 Å². The van der Waals surface area contributed by atoms with Crippen LogP contribution in [0.4, 0.5) is 0 Å². The molecule has 0 spiro atoms. The minimum atomic E-state index is 1.04. The Kier molecular flexibility index (Phi) is 4.83. The van der Waals surface area contributed by atoms with Crippen LogP contribution in [0.1, 0.15) is 0 Å². The van der Waals surface area contributed by atoms with Crippen molar-refractivity contribution >= 4 is 59.3 Å². The Hall–Kier alpha value is -3.73. The number of hydrogen-bond acceptors (Lipinski definition) is 2. The van der Waals surface area contributed by atoms with Gasteiger partial charge in [0.25, 0.3) is 0 Å². The average Bonchev–Trinajstić information content (AvgIpc) is 3.46. The standard InChI is InChI=1S/C31H19BrN2S/c32-23-11-7-10-21(16-23)22-14-15-28-25(17-22)26-18-30-27(33-31(35-30)20-8-3-1-4-9-20)19-29(26)34(28)24-12-5-2-6-13-24/h1-19H. The number of rotatable bonds is 3. The summed E-state index contributed by atoms with van der Waals surface area (Å²) < 4.78 is 4.65. The van der Waals surface area contributed by atoms with Gasteiger partial charge in [-0.2, -0.15) is 0 Å². The van der Waals surface area contributed by atoms with Crippen LogP contribution in [0.2, 0.25) is 0 Å². The minimum Gasteiger partial charge on any atom is -0.309 e. The topological polar surface area (TPSA) is 17.8 Å². The van der Waals surface area contributed by atoms with Gasteiger partial charge in [0.15, 0.2) is 0 Å². The predicted molar refractivity (Wildman–Crippen MR) is 153 cm³/mol. The first-order valence-corrected chi connectivity index (χ1v) is 13.1. The largest absolute Gasteiger partial charge is 0.309 e. The quantitative estimate of drug-likeness (QED) is 0.222. The molecule has 2 aromatic heterocycles. The smallest absolute Gasteiger partial charge is 0.124 e. The lowest BCUT2D eigenvalue weighted by Gasteiger charge is -2.08. The highest BCUT2D eigenvalue weighted by atomic mass is 79.9. The van der Waals surface area contributed by atoms with Crippen molar-refractivity contribution in [2.45, 2.75) is 0 Å². The lowest BCUT2D eigenvalue weighted by molar-refractivity contribution is 1.18. The number of nitrogens with zero attached hydrogens (tertiary/aromatic N) is 2. The molecular formula is C31H19BrN2S. The fraction of sp³-hybridized carbons (Fsp3) is 0. The lowest BCUT2D eigenvalue weighted by atomic mass is 10.0. The predicted octanol–water partition coefficient (Wildman–Crippen LogP) is 9.49. The van der Waals surface area contributed by atoms with E-state index in [-0.39, 0.29) is 0 Å². The Morgan fingerprint density at radius 2 is 1.31 bits per heavy atom. The summed E-state index contributed by atoms with van der Waals surface area (Å²) in [5.41, 5.74) is 8.13. The fourth-order valence-corrected chi connectivity index (χ4v) is 6.24. The van der Waals surface area contributed by atoms with Crippen LogP contribution in [-0.2, 0) is 0 Å². The van der Waals surface area contributed by atoms with Crippen LogP contribution in [0.15, 0.2) is 120 Å². The van der Waals surface area contributed by atoms with E-state index in [9.17, 15) is 0 Å². The molecule has 0 amide bonds. The molecule has 0 radical (unpaired) electrons. The molecule has 4 heteroatoms. The number of thiazole rings is 1. The number of aromatic nitrogens is 2. The molecular weight excluding hydrogens is 512 g/mol. The van der Waals surface area contributed by atoms with E-state index in [1.165, 1.54) is 37.6 Å². The Morgan fingerprint density at radius 3 is 2.11 bits per heavy atom. The van der Waals surface area contributed by atoms with E-state index in [4.69, 9.17) is 4.98 Å². The minimum absolute atomic E-state index is 1.04. The van der Waals surface area contributed by atoms with Crippen molar-refractivity contribution in [3.05, 3.63) is 120 Å². The van der Waals surface area contributed by atoms with Crippen LogP contribution in [0.3, 0.4) is 0 Å². The number of benzene rings is 5. The molecule has 7 rings (SSSR count). The molecule has 0 saturated carbocycles.